The van der Waals surface area contributed by atoms with Crippen LogP contribution in [-0.2, 0) is 0 Å². The van der Waals surface area contributed by atoms with Gasteiger partial charge in [0.25, 0.3) is 0 Å². The van der Waals surface area contributed by atoms with Crippen LogP contribution in [0.3, 0.4) is 0 Å². The van der Waals surface area contributed by atoms with E-state index in [9.17, 15) is 0 Å². The Kier molecular flexibility index (Phi) is 5.29. The van der Waals surface area contributed by atoms with Crippen molar-refractivity contribution in [2.75, 3.05) is 5.73 Å². The Hall–Kier alpha value is -1.06. The van der Waals surface area contributed by atoms with Gasteiger partial charge in [-0.1, -0.05) is 17.7 Å². The lowest BCUT2D eigenvalue weighted by atomic mass is 10.2. The normalized spacial score (nSPS) is 9.19. The number of anilines is 1. The van der Waals surface area contributed by atoms with Crippen molar-refractivity contribution >= 4 is 30.9 Å². The van der Waals surface area contributed by atoms with Gasteiger partial charge in [0.1, 0.15) is 0 Å². The number of hydrogen-bond donors (Lipinski definition) is 3. The maximum Gasteiger partial charge on any atom is 0.0314 e. The van der Waals surface area contributed by atoms with E-state index in [0.717, 1.165) is 15.5 Å². The molecule has 1 nitrogen and oxygen atoms in total. The Bertz CT molecular complexity index is 335. The van der Waals surface area contributed by atoms with E-state index in [2.05, 4.69) is 32.2 Å². The molecule has 0 bridgehead atoms. The van der Waals surface area contributed by atoms with Gasteiger partial charge in [-0.05, 0) is 43.3 Å². The van der Waals surface area contributed by atoms with Crippen LogP contribution >= 0.6 is 25.3 Å². The molecule has 2 aromatic rings. The molecule has 0 unspecified atom stereocenters. The summed E-state index contributed by atoms with van der Waals surface area (Å²) in [6.07, 6.45) is 0. The van der Waals surface area contributed by atoms with Crippen LogP contribution in [0.2, 0.25) is 0 Å². The lowest BCUT2D eigenvalue weighted by Gasteiger charge is -1.89. The van der Waals surface area contributed by atoms with Gasteiger partial charge in [0.05, 0.1) is 0 Å². The molecule has 2 rings (SSSR count). The van der Waals surface area contributed by atoms with Crippen molar-refractivity contribution in [1.82, 2.24) is 0 Å². The summed E-state index contributed by atoms with van der Waals surface area (Å²) in [5.41, 5.74) is 7.45. The molecule has 0 aliphatic rings. The van der Waals surface area contributed by atoms with Crippen molar-refractivity contribution in [3.8, 4) is 0 Å². The maximum atomic E-state index is 5.39. The highest BCUT2D eigenvalue weighted by molar-refractivity contribution is 7.80. The highest BCUT2D eigenvalue weighted by Crippen LogP contribution is 2.07. The predicted octanol–water partition coefficient (Wildman–Crippen LogP) is 3.84. The van der Waals surface area contributed by atoms with Crippen LogP contribution in [0.25, 0.3) is 0 Å². The highest BCUT2D eigenvalue weighted by Gasteiger charge is 1.81. The topological polar surface area (TPSA) is 26.0 Å². The Balaban J connectivity index is 0.000000160. The first-order valence-corrected chi connectivity index (χ1v) is 5.77. The van der Waals surface area contributed by atoms with Crippen molar-refractivity contribution < 1.29 is 0 Å². The Morgan fingerprint density at radius 2 is 1.12 bits per heavy atom. The SMILES string of the molecule is Cc1ccc(S)cc1.Nc1ccc(S)cc1. The zero-order valence-electron chi connectivity index (χ0n) is 9.09. The summed E-state index contributed by atoms with van der Waals surface area (Å²) in [5.74, 6) is 0. The van der Waals surface area contributed by atoms with E-state index in [1.807, 2.05) is 48.5 Å². The predicted molar refractivity (Wildman–Crippen MR) is 76.5 cm³/mol. The summed E-state index contributed by atoms with van der Waals surface area (Å²) in [5, 5.41) is 0. The molecule has 84 valence electrons. The Labute approximate surface area is 108 Å². The van der Waals surface area contributed by atoms with Crippen molar-refractivity contribution in [2.45, 2.75) is 16.7 Å². The van der Waals surface area contributed by atoms with Crippen LogP contribution in [0.5, 0.6) is 0 Å². The average Bonchev–Trinajstić information content (AvgIpc) is 2.28. The van der Waals surface area contributed by atoms with E-state index in [4.69, 9.17) is 5.73 Å². The molecule has 0 atom stereocenters. The number of nitrogen functional groups attached to an aromatic ring is 1. The van der Waals surface area contributed by atoms with Gasteiger partial charge < -0.3 is 5.73 Å². The molecule has 0 spiro atoms. The van der Waals surface area contributed by atoms with E-state index in [1.54, 1.807) is 0 Å². The molecule has 2 aromatic carbocycles. The summed E-state index contributed by atoms with van der Waals surface area (Å²) in [6.45, 7) is 2.06. The highest BCUT2D eigenvalue weighted by atomic mass is 32.1. The molecule has 0 heterocycles. The van der Waals surface area contributed by atoms with E-state index in [-0.39, 0.29) is 0 Å². The number of thiol groups is 2. The first-order valence-electron chi connectivity index (χ1n) is 4.88. The van der Waals surface area contributed by atoms with Crippen LogP contribution in [0.1, 0.15) is 5.56 Å². The van der Waals surface area contributed by atoms with Crippen molar-refractivity contribution in [1.29, 1.82) is 0 Å². The molecule has 0 aromatic heterocycles. The molecule has 0 fully saturated rings. The summed E-state index contributed by atoms with van der Waals surface area (Å²) < 4.78 is 0. The molecule has 0 saturated carbocycles. The fraction of sp³-hybridized carbons (Fsp3) is 0.0769. The monoisotopic (exact) mass is 249 g/mol. The van der Waals surface area contributed by atoms with Crippen LogP contribution in [-0.4, -0.2) is 0 Å². The first-order chi connectivity index (χ1) is 7.58. The largest absolute Gasteiger partial charge is 0.399 e. The van der Waals surface area contributed by atoms with Crippen molar-refractivity contribution in [3.63, 3.8) is 0 Å². The summed E-state index contributed by atoms with van der Waals surface area (Å²) in [7, 11) is 0. The number of hydrogen-bond acceptors (Lipinski definition) is 3. The second kappa shape index (κ2) is 6.51. The van der Waals surface area contributed by atoms with E-state index in [0.29, 0.717) is 0 Å². The smallest absolute Gasteiger partial charge is 0.0314 e. The van der Waals surface area contributed by atoms with Crippen molar-refractivity contribution in [2.24, 2.45) is 0 Å². The Morgan fingerprint density at radius 1 is 0.750 bits per heavy atom. The second-order valence-corrected chi connectivity index (χ2v) is 4.46. The first kappa shape index (κ1) is 13.0. The molecular weight excluding hydrogens is 234 g/mol. The quantitative estimate of drug-likeness (QED) is 0.480. The minimum absolute atomic E-state index is 0.780. The van der Waals surface area contributed by atoms with Gasteiger partial charge >= 0.3 is 0 Å². The summed E-state index contributed by atoms with van der Waals surface area (Å²) in [6, 6.07) is 15.4. The molecule has 16 heavy (non-hydrogen) atoms. The van der Waals surface area contributed by atoms with Gasteiger partial charge in [0.2, 0.25) is 0 Å². The fourth-order valence-corrected chi connectivity index (χ4v) is 1.32. The van der Waals surface area contributed by atoms with Crippen LogP contribution in [0, 0.1) is 6.92 Å². The van der Waals surface area contributed by atoms with Gasteiger partial charge in [0, 0.05) is 15.5 Å². The summed E-state index contributed by atoms with van der Waals surface area (Å²) >= 11 is 8.21. The lowest BCUT2D eigenvalue weighted by molar-refractivity contribution is 1.39. The van der Waals surface area contributed by atoms with E-state index in [1.165, 1.54) is 5.56 Å². The molecule has 0 radical (unpaired) electrons. The molecule has 0 amide bonds. The number of aryl methyl sites for hydroxylation is 1. The molecule has 0 aliphatic heterocycles. The van der Waals surface area contributed by atoms with E-state index >= 15 is 0 Å². The van der Waals surface area contributed by atoms with Crippen LogP contribution in [0.15, 0.2) is 58.3 Å². The van der Waals surface area contributed by atoms with Gasteiger partial charge in [-0.2, -0.15) is 0 Å². The summed E-state index contributed by atoms with van der Waals surface area (Å²) in [4.78, 5) is 1.97. The maximum absolute atomic E-state index is 5.39. The molecule has 2 N–H and O–H groups in total. The number of nitrogens with two attached hydrogens (primary N) is 1. The van der Waals surface area contributed by atoms with E-state index < -0.39 is 0 Å². The van der Waals surface area contributed by atoms with Gasteiger partial charge in [-0.15, -0.1) is 25.3 Å². The molecule has 3 heteroatoms. The van der Waals surface area contributed by atoms with Crippen LogP contribution < -0.4 is 5.73 Å². The lowest BCUT2D eigenvalue weighted by Crippen LogP contribution is -1.80. The van der Waals surface area contributed by atoms with Gasteiger partial charge in [-0.3, -0.25) is 0 Å². The molecule has 0 aliphatic carbocycles. The zero-order chi connectivity index (χ0) is 12.0. The third kappa shape index (κ3) is 5.14. The minimum Gasteiger partial charge on any atom is -0.399 e. The molecular formula is C13H15NS2. The van der Waals surface area contributed by atoms with Crippen molar-refractivity contribution in [3.05, 3.63) is 54.1 Å². The fourth-order valence-electron chi connectivity index (χ4n) is 1.02. The standard InChI is InChI=1S/C7H8S.C6H7NS/c1-6-2-4-7(8)5-3-6;7-5-1-3-6(8)4-2-5/h2-5,8H,1H3;1-4,8H,7H2. The van der Waals surface area contributed by atoms with Gasteiger partial charge in [-0.25, -0.2) is 0 Å². The number of benzene rings is 2. The minimum atomic E-state index is 0.780. The average molecular weight is 249 g/mol. The third-order valence-corrected chi connectivity index (χ3v) is 2.52. The third-order valence-electron chi connectivity index (χ3n) is 1.93. The molecule has 0 saturated heterocycles. The van der Waals surface area contributed by atoms with Gasteiger partial charge in [0.15, 0.2) is 0 Å². The Morgan fingerprint density at radius 3 is 1.44 bits per heavy atom. The zero-order valence-corrected chi connectivity index (χ0v) is 10.9. The van der Waals surface area contributed by atoms with Crippen LogP contribution in [0.4, 0.5) is 5.69 Å². The second-order valence-electron chi connectivity index (χ2n) is 3.43. The number of rotatable bonds is 0.